The minimum atomic E-state index is 0.0122. The third-order valence-corrected chi connectivity index (χ3v) is 3.17. The van der Waals surface area contributed by atoms with Gasteiger partial charge in [0.1, 0.15) is 0 Å². The van der Waals surface area contributed by atoms with Gasteiger partial charge in [0.25, 0.3) is 0 Å². The SMILES string of the molecule is CCCCN(CC)c1ccc(C(C)=O)c(Cl)c1. The molecule has 1 rings (SSSR count). The summed E-state index contributed by atoms with van der Waals surface area (Å²) in [5.74, 6) is 0.0122. The van der Waals surface area contributed by atoms with Crippen molar-refractivity contribution in [1.82, 2.24) is 0 Å². The first-order valence-corrected chi connectivity index (χ1v) is 6.53. The molecule has 2 nitrogen and oxygen atoms in total. The molecule has 0 saturated carbocycles. The molecule has 0 saturated heterocycles. The molecule has 0 atom stereocenters. The Hall–Kier alpha value is -1.02. The zero-order chi connectivity index (χ0) is 12.8. The number of halogens is 1. The number of ketones is 1. The average Bonchev–Trinajstić information content (AvgIpc) is 2.29. The van der Waals surface area contributed by atoms with Gasteiger partial charge in [-0.05, 0) is 38.5 Å². The lowest BCUT2D eigenvalue weighted by molar-refractivity contribution is 0.101. The number of Topliss-reactive ketones (excluding diaryl/α,β-unsaturated/α-hetero) is 1. The lowest BCUT2D eigenvalue weighted by Crippen LogP contribution is -2.23. The highest BCUT2D eigenvalue weighted by atomic mass is 35.5. The quantitative estimate of drug-likeness (QED) is 0.710. The van der Waals surface area contributed by atoms with Crippen LogP contribution in [0.3, 0.4) is 0 Å². The van der Waals surface area contributed by atoms with Crippen LogP contribution in [0.4, 0.5) is 5.69 Å². The Bertz CT molecular complexity index is 390. The molecular weight excluding hydrogens is 234 g/mol. The second-order valence-electron chi connectivity index (χ2n) is 4.15. The van der Waals surface area contributed by atoms with E-state index in [2.05, 4.69) is 18.7 Å². The van der Waals surface area contributed by atoms with Gasteiger partial charge in [-0.3, -0.25) is 4.79 Å². The topological polar surface area (TPSA) is 20.3 Å². The monoisotopic (exact) mass is 253 g/mol. The minimum Gasteiger partial charge on any atom is -0.372 e. The first-order valence-electron chi connectivity index (χ1n) is 6.15. The number of benzene rings is 1. The van der Waals surface area contributed by atoms with E-state index in [-0.39, 0.29) is 5.78 Å². The van der Waals surface area contributed by atoms with Crippen LogP contribution in [-0.4, -0.2) is 18.9 Å². The molecule has 0 fully saturated rings. The molecule has 0 amide bonds. The molecule has 94 valence electrons. The third-order valence-electron chi connectivity index (χ3n) is 2.86. The van der Waals surface area contributed by atoms with Gasteiger partial charge in [0.05, 0.1) is 5.02 Å². The predicted octanol–water partition coefficient (Wildman–Crippen LogP) is 4.17. The Morgan fingerprint density at radius 1 is 1.35 bits per heavy atom. The van der Waals surface area contributed by atoms with Crippen LogP contribution in [-0.2, 0) is 0 Å². The molecule has 0 aliphatic heterocycles. The number of unbranched alkanes of at least 4 members (excludes halogenated alkanes) is 1. The molecule has 0 aliphatic carbocycles. The zero-order valence-corrected chi connectivity index (χ0v) is 11.5. The van der Waals surface area contributed by atoms with Gasteiger partial charge in [-0.1, -0.05) is 24.9 Å². The number of nitrogens with zero attached hydrogens (tertiary/aromatic N) is 1. The van der Waals surface area contributed by atoms with Crippen molar-refractivity contribution < 1.29 is 4.79 Å². The maximum Gasteiger partial charge on any atom is 0.161 e. The summed E-state index contributed by atoms with van der Waals surface area (Å²) in [5.41, 5.74) is 1.69. The largest absolute Gasteiger partial charge is 0.372 e. The van der Waals surface area contributed by atoms with E-state index in [9.17, 15) is 4.79 Å². The van der Waals surface area contributed by atoms with Crippen molar-refractivity contribution in [3.8, 4) is 0 Å². The molecule has 0 N–H and O–H groups in total. The van der Waals surface area contributed by atoms with Crippen LogP contribution in [0.25, 0.3) is 0 Å². The molecule has 1 aromatic rings. The zero-order valence-electron chi connectivity index (χ0n) is 10.8. The molecule has 3 heteroatoms. The van der Waals surface area contributed by atoms with Gasteiger partial charge in [0.15, 0.2) is 5.78 Å². The second-order valence-corrected chi connectivity index (χ2v) is 4.56. The molecular formula is C14H20ClNO. The van der Waals surface area contributed by atoms with Crippen LogP contribution < -0.4 is 4.90 Å². The van der Waals surface area contributed by atoms with Gasteiger partial charge in [-0.25, -0.2) is 0 Å². The molecule has 0 aromatic heterocycles. The number of hydrogen-bond acceptors (Lipinski definition) is 2. The van der Waals surface area contributed by atoms with Crippen molar-refractivity contribution >= 4 is 23.1 Å². The fraction of sp³-hybridized carbons (Fsp3) is 0.500. The van der Waals surface area contributed by atoms with Crippen molar-refractivity contribution in [2.75, 3.05) is 18.0 Å². The lowest BCUT2D eigenvalue weighted by Gasteiger charge is -2.23. The van der Waals surface area contributed by atoms with Gasteiger partial charge < -0.3 is 4.90 Å². The highest BCUT2D eigenvalue weighted by Crippen LogP contribution is 2.24. The standard InChI is InChI=1S/C14H20ClNO/c1-4-6-9-16(5-2)12-7-8-13(11(3)17)14(15)10-12/h7-8,10H,4-6,9H2,1-3H3. The van der Waals surface area contributed by atoms with E-state index >= 15 is 0 Å². The van der Waals surface area contributed by atoms with E-state index in [4.69, 9.17) is 11.6 Å². The summed E-state index contributed by atoms with van der Waals surface area (Å²) in [6.45, 7) is 7.83. The summed E-state index contributed by atoms with van der Waals surface area (Å²) >= 11 is 6.11. The maximum atomic E-state index is 11.3. The third kappa shape index (κ3) is 3.74. The maximum absolute atomic E-state index is 11.3. The van der Waals surface area contributed by atoms with Crippen LogP contribution in [0.15, 0.2) is 18.2 Å². The summed E-state index contributed by atoms with van der Waals surface area (Å²) in [7, 11) is 0. The first kappa shape index (κ1) is 14.0. The Morgan fingerprint density at radius 2 is 2.06 bits per heavy atom. The fourth-order valence-electron chi connectivity index (χ4n) is 1.81. The molecule has 0 bridgehead atoms. The van der Waals surface area contributed by atoms with Crippen molar-refractivity contribution in [3.63, 3.8) is 0 Å². The van der Waals surface area contributed by atoms with Crippen molar-refractivity contribution in [1.29, 1.82) is 0 Å². The van der Waals surface area contributed by atoms with Crippen LogP contribution in [0.5, 0.6) is 0 Å². The number of carbonyl (C=O) groups is 1. The van der Waals surface area contributed by atoms with Gasteiger partial charge in [0, 0.05) is 24.3 Å². The van der Waals surface area contributed by atoms with Crippen molar-refractivity contribution in [2.45, 2.75) is 33.6 Å². The van der Waals surface area contributed by atoms with Crippen LogP contribution in [0, 0.1) is 0 Å². The van der Waals surface area contributed by atoms with Crippen LogP contribution in [0.2, 0.25) is 5.02 Å². The summed E-state index contributed by atoms with van der Waals surface area (Å²) < 4.78 is 0. The van der Waals surface area contributed by atoms with Crippen molar-refractivity contribution in [2.24, 2.45) is 0 Å². The summed E-state index contributed by atoms with van der Waals surface area (Å²) in [5, 5.41) is 0.546. The van der Waals surface area contributed by atoms with Gasteiger partial charge in [0.2, 0.25) is 0 Å². The Morgan fingerprint density at radius 3 is 2.53 bits per heavy atom. The second kappa shape index (κ2) is 6.65. The summed E-state index contributed by atoms with van der Waals surface area (Å²) in [6.07, 6.45) is 2.34. The van der Waals surface area contributed by atoms with Crippen LogP contribution in [0.1, 0.15) is 44.0 Å². The van der Waals surface area contributed by atoms with Gasteiger partial charge in [-0.2, -0.15) is 0 Å². The fourth-order valence-corrected chi connectivity index (χ4v) is 2.11. The van der Waals surface area contributed by atoms with E-state index < -0.39 is 0 Å². The highest BCUT2D eigenvalue weighted by Gasteiger charge is 2.09. The average molecular weight is 254 g/mol. The summed E-state index contributed by atoms with van der Waals surface area (Å²) in [4.78, 5) is 13.6. The summed E-state index contributed by atoms with van der Waals surface area (Å²) in [6, 6.07) is 5.67. The molecule has 0 radical (unpaired) electrons. The Kier molecular flexibility index (Phi) is 5.49. The molecule has 0 spiro atoms. The van der Waals surface area contributed by atoms with Crippen molar-refractivity contribution in [3.05, 3.63) is 28.8 Å². The lowest BCUT2D eigenvalue weighted by atomic mass is 10.1. The normalized spacial score (nSPS) is 10.4. The van der Waals surface area contributed by atoms with Crippen LogP contribution >= 0.6 is 11.6 Å². The van der Waals surface area contributed by atoms with Gasteiger partial charge >= 0.3 is 0 Å². The highest BCUT2D eigenvalue weighted by molar-refractivity contribution is 6.34. The van der Waals surface area contributed by atoms with E-state index in [1.54, 1.807) is 0 Å². The molecule has 0 unspecified atom stereocenters. The molecule has 0 heterocycles. The molecule has 1 aromatic carbocycles. The first-order chi connectivity index (χ1) is 8.10. The number of carbonyl (C=O) groups excluding carboxylic acids is 1. The van der Waals surface area contributed by atoms with E-state index in [0.29, 0.717) is 10.6 Å². The van der Waals surface area contributed by atoms with Gasteiger partial charge in [-0.15, -0.1) is 0 Å². The number of rotatable bonds is 6. The smallest absolute Gasteiger partial charge is 0.161 e. The molecule has 17 heavy (non-hydrogen) atoms. The number of anilines is 1. The van der Waals surface area contributed by atoms with E-state index in [0.717, 1.165) is 18.8 Å². The molecule has 0 aliphatic rings. The predicted molar refractivity (Wildman–Crippen MR) is 74.3 cm³/mol. The van der Waals surface area contributed by atoms with E-state index in [1.165, 1.54) is 19.8 Å². The van der Waals surface area contributed by atoms with E-state index in [1.807, 2.05) is 18.2 Å². The number of hydrogen-bond donors (Lipinski definition) is 0. The Labute approximate surface area is 109 Å². The minimum absolute atomic E-state index is 0.0122. The Balaban J connectivity index is 2.90.